The van der Waals surface area contributed by atoms with Crippen molar-refractivity contribution < 1.29 is 98.9 Å². The Hall–Kier alpha value is -1.65. The standard InChI is InChI=1S/C17H27N2O7PS.C17H25N2O7PS.CH3.U.H/c2*1-27(24,25)26-10-4-2-3-5-11-28-13-12-16(22)19(17(13)23)9-8-18-14(20)6-7-15(18)21;;;/h13H,2-12H2,1H3,(H,24,25);6-7,13H,2-5,8-12H2,1H3,(H,24,25);1H3;;/q;;-1;;-1/i;;;;1+2. The molecular weight excluding hydrogens is 1060 g/mol. The Morgan fingerprint density at radius 2 is 0.931 bits per heavy atom. The van der Waals surface area contributed by atoms with Gasteiger partial charge in [0.05, 0.1) is 23.7 Å². The minimum atomic E-state index is -3.40. The number of carbonyl (C=O) groups is 8. The summed E-state index contributed by atoms with van der Waals surface area (Å²) in [7, 11) is -6.80. The van der Waals surface area contributed by atoms with Gasteiger partial charge in [0.2, 0.25) is 35.4 Å². The van der Waals surface area contributed by atoms with Gasteiger partial charge in [-0.05, 0) is 37.2 Å². The van der Waals surface area contributed by atoms with Crippen LogP contribution in [0.25, 0.3) is 0 Å². The summed E-state index contributed by atoms with van der Waals surface area (Å²) in [5, 5.41) is -0.819. The van der Waals surface area contributed by atoms with Crippen molar-refractivity contribution in [3.05, 3.63) is 19.6 Å². The average Bonchev–Trinajstić information content (AvgIpc) is 3.79. The molecule has 4 aliphatic rings. The molecule has 23 heteroatoms. The number of amides is 8. The van der Waals surface area contributed by atoms with Gasteiger partial charge in [0.25, 0.3) is 11.8 Å². The van der Waals surface area contributed by atoms with Crippen LogP contribution in [0.2, 0.25) is 0 Å². The number of unbranched alkanes of at least 4 members (excludes halogenated alkanes) is 6. The summed E-state index contributed by atoms with van der Waals surface area (Å²) in [6.45, 7) is 3.01. The van der Waals surface area contributed by atoms with Crippen LogP contribution in [-0.2, 0) is 56.5 Å². The molecule has 4 atom stereocenters. The van der Waals surface area contributed by atoms with E-state index in [0.29, 0.717) is 12.8 Å². The molecule has 4 rings (SSSR count). The van der Waals surface area contributed by atoms with Gasteiger partial charge in [-0.1, -0.05) is 25.7 Å². The average molecular weight is 1120 g/mol. The van der Waals surface area contributed by atoms with Gasteiger partial charge < -0.3 is 27.7 Å². The fourth-order valence-corrected chi connectivity index (χ4v) is 9.30. The van der Waals surface area contributed by atoms with Crippen LogP contribution in [0.3, 0.4) is 0 Å². The zero-order valence-corrected chi connectivity index (χ0v) is 40.8. The molecule has 0 aromatic rings. The van der Waals surface area contributed by atoms with Crippen LogP contribution in [0.15, 0.2) is 12.2 Å². The van der Waals surface area contributed by atoms with E-state index in [4.69, 9.17) is 18.8 Å². The van der Waals surface area contributed by atoms with E-state index in [1.165, 1.54) is 35.7 Å². The van der Waals surface area contributed by atoms with E-state index in [-0.39, 0.29) is 140 Å². The maximum atomic E-state index is 12.4. The van der Waals surface area contributed by atoms with Crippen molar-refractivity contribution in [3.8, 4) is 0 Å². The van der Waals surface area contributed by atoms with Crippen molar-refractivity contribution >= 4 is 86.0 Å². The molecule has 4 heterocycles. The van der Waals surface area contributed by atoms with Gasteiger partial charge in [0.15, 0.2) is 0 Å². The van der Waals surface area contributed by atoms with Gasteiger partial charge in [-0.3, -0.25) is 67.1 Å². The maximum Gasteiger partial charge on any atom is 0.325 e. The Bertz CT molecular complexity index is 1500. The van der Waals surface area contributed by atoms with Crippen LogP contribution in [-0.4, -0.2) is 151 Å². The van der Waals surface area contributed by atoms with Crippen LogP contribution in [0.1, 0.15) is 78.5 Å². The molecule has 0 aromatic heterocycles. The first kappa shape index (κ1) is 54.4. The number of carbonyl (C=O) groups excluding carboxylic acids is 8. The zero-order valence-electron chi connectivity index (χ0n) is 34.2. The molecule has 0 bridgehead atoms. The maximum absolute atomic E-state index is 12.4. The van der Waals surface area contributed by atoms with Crippen LogP contribution < -0.4 is 0 Å². The van der Waals surface area contributed by atoms with Gasteiger partial charge in [-0.2, -0.15) is 0 Å². The van der Waals surface area contributed by atoms with E-state index >= 15 is 0 Å². The fraction of sp³-hybridized carbons (Fsp3) is 0.686. The molecule has 8 amide bonds. The minimum Gasteiger partial charge on any atom is -1.00 e. The molecule has 0 aromatic carbocycles. The quantitative estimate of drug-likeness (QED) is 0.0611. The molecule has 328 valence electrons. The van der Waals surface area contributed by atoms with Gasteiger partial charge in [-0.15, -0.1) is 23.5 Å². The van der Waals surface area contributed by atoms with Crippen LogP contribution in [0.5, 0.6) is 0 Å². The van der Waals surface area contributed by atoms with E-state index in [2.05, 4.69) is 0 Å². The zero-order chi connectivity index (χ0) is 41.5. The summed E-state index contributed by atoms with van der Waals surface area (Å²) in [5.74, 6) is -0.928. The van der Waals surface area contributed by atoms with Crippen molar-refractivity contribution in [1.82, 2.24) is 19.6 Å². The van der Waals surface area contributed by atoms with Crippen molar-refractivity contribution in [2.75, 3.05) is 64.2 Å². The number of likely N-dealkylation sites (tertiary alicyclic amines) is 3. The number of hydrogen-bond donors (Lipinski definition) is 2. The van der Waals surface area contributed by atoms with Crippen molar-refractivity contribution in [3.63, 3.8) is 0 Å². The van der Waals surface area contributed by atoms with E-state index in [1.807, 2.05) is 0 Å². The summed E-state index contributed by atoms with van der Waals surface area (Å²) in [6.07, 6.45) is 9.71. The van der Waals surface area contributed by atoms with Crippen molar-refractivity contribution in [1.29, 1.82) is 0 Å². The molecule has 0 spiro atoms. The first-order valence-corrected chi connectivity index (χ1v) is 24.7. The molecular formula is C35H56N4O14P2S2U-2. The smallest absolute Gasteiger partial charge is 0.325 e. The topological polar surface area (TPSA) is 243 Å². The SMILES string of the molecule is CP(=O)(O)OCCCCCCSC1CC(=O)N(CCN2C(=O)C=CC2=O)C1=O.CP(=O)(O)OCCCCCCSC1CC(=O)N(CCN2C(=O)CCC2=O)C1=O.[3H-].[CH3-].[U]. The van der Waals surface area contributed by atoms with Crippen LogP contribution in [0.4, 0.5) is 0 Å². The van der Waals surface area contributed by atoms with Crippen LogP contribution in [0, 0.1) is 38.5 Å². The fourth-order valence-electron chi connectivity index (χ4n) is 5.99. The van der Waals surface area contributed by atoms with E-state index in [9.17, 15) is 47.5 Å². The molecule has 0 saturated carbocycles. The predicted molar refractivity (Wildman–Crippen MR) is 215 cm³/mol. The first-order valence-electron chi connectivity index (χ1n) is 18.6. The Labute approximate surface area is 373 Å². The summed E-state index contributed by atoms with van der Waals surface area (Å²) < 4.78 is 31.5. The largest absolute Gasteiger partial charge is 1.00 e. The Balaban J connectivity index is 0.00000109. The third-order valence-electron chi connectivity index (χ3n) is 8.93. The molecule has 4 aliphatic heterocycles. The Morgan fingerprint density at radius 1 is 0.586 bits per heavy atom. The Morgan fingerprint density at radius 3 is 1.31 bits per heavy atom. The van der Waals surface area contributed by atoms with E-state index < -0.39 is 37.5 Å². The second-order valence-corrected chi connectivity index (χ2v) is 19.9. The molecule has 3 saturated heterocycles. The van der Waals surface area contributed by atoms with E-state index in [1.54, 1.807) is 0 Å². The summed E-state index contributed by atoms with van der Waals surface area (Å²) >= 11 is 2.89. The monoisotopic (exact) mass is 1120 g/mol. The molecule has 0 aliphatic carbocycles. The Kier molecular flexibility index (Phi) is 25.0. The first-order chi connectivity index (χ1) is 26.4. The number of nitrogens with zero attached hydrogens (tertiary/aromatic N) is 4. The molecule has 3 fully saturated rings. The summed E-state index contributed by atoms with van der Waals surface area (Å²) in [5.41, 5.74) is 0. The third-order valence-corrected chi connectivity index (χ3v) is 12.8. The van der Waals surface area contributed by atoms with Gasteiger partial charge in [0, 0.05) is 108 Å². The predicted octanol–water partition coefficient (Wildman–Crippen LogP) is 3.12. The number of imide groups is 4. The molecule has 0 radical (unpaired) electrons. The molecule has 58 heavy (non-hydrogen) atoms. The summed E-state index contributed by atoms with van der Waals surface area (Å²) in [6, 6.07) is 0. The summed E-state index contributed by atoms with van der Waals surface area (Å²) in [4.78, 5) is 118. The second kappa shape index (κ2) is 26.6. The molecule has 4 unspecified atom stereocenters. The normalized spacial score (nSPS) is 21.4. The number of rotatable bonds is 24. The van der Waals surface area contributed by atoms with Crippen molar-refractivity contribution in [2.45, 2.75) is 87.5 Å². The third kappa shape index (κ3) is 19.0. The second-order valence-electron chi connectivity index (χ2n) is 13.6. The van der Waals surface area contributed by atoms with Crippen LogP contribution >= 0.6 is 38.7 Å². The van der Waals surface area contributed by atoms with Gasteiger partial charge in [0.1, 0.15) is 0 Å². The van der Waals surface area contributed by atoms with E-state index in [0.717, 1.165) is 83.0 Å². The van der Waals surface area contributed by atoms with Crippen molar-refractivity contribution in [2.24, 2.45) is 0 Å². The molecule has 18 nitrogen and oxygen atoms in total. The van der Waals surface area contributed by atoms with Gasteiger partial charge in [-0.25, -0.2) is 0 Å². The minimum absolute atomic E-state index is 0. The van der Waals surface area contributed by atoms with Gasteiger partial charge >= 0.3 is 15.2 Å². The number of hydrogen-bond acceptors (Lipinski definition) is 14. The number of thioether (sulfide) groups is 2. The molecule has 2 N–H and O–H groups in total.